The highest BCUT2D eigenvalue weighted by molar-refractivity contribution is 9.10. The molecule has 0 bridgehead atoms. The summed E-state index contributed by atoms with van der Waals surface area (Å²) in [5, 5.41) is 0. The molecule has 0 spiro atoms. The SMILES string of the molecule is CC(C)N(Cc1cccc(N)c1)c1ccc(Br)cn1. The van der Waals surface area contributed by atoms with E-state index in [-0.39, 0.29) is 0 Å². The van der Waals surface area contributed by atoms with Gasteiger partial charge in [0.1, 0.15) is 5.82 Å². The van der Waals surface area contributed by atoms with Crippen molar-refractivity contribution < 1.29 is 0 Å². The number of rotatable bonds is 4. The van der Waals surface area contributed by atoms with Crippen LogP contribution in [0, 0.1) is 0 Å². The molecule has 0 unspecified atom stereocenters. The second-order valence-electron chi connectivity index (χ2n) is 4.80. The molecule has 0 fully saturated rings. The number of nitrogen functional groups attached to an aromatic ring is 1. The molecule has 2 aromatic rings. The quantitative estimate of drug-likeness (QED) is 0.870. The van der Waals surface area contributed by atoms with Gasteiger partial charge in [-0.2, -0.15) is 0 Å². The van der Waals surface area contributed by atoms with Crippen LogP contribution < -0.4 is 10.6 Å². The number of aromatic nitrogens is 1. The maximum Gasteiger partial charge on any atom is 0.129 e. The van der Waals surface area contributed by atoms with Gasteiger partial charge in [0, 0.05) is 28.9 Å². The predicted molar refractivity (Wildman–Crippen MR) is 84.1 cm³/mol. The third kappa shape index (κ3) is 3.70. The standard InChI is InChI=1S/C15H18BrN3/c1-11(2)19(15-7-6-13(16)9-18-15)10-12-4-3-5-14(17)8-12/h3-9,11H,10,17H2,1-2H3. The van der Waals surface area contributed by atoms with Gasteiger partial charge in [0.05, 0.1) is 0 Å². The molecule has 3 nitrogen and oxygen atoms in total. The first-order valence-electron chi connectivity index (χ1n) is 6.29. The smallest absolute Gasteiger partial charge is 0.129 e. The van der Waals surface area contributed by atoms with Gasteiger partial charge in [0.25, 0.3) is 0 Å². The lowest BCUT2D eigenvalue weighted by Crippen LogP contribution is -2.30. The zero-order valence-corrected chi connectivity index (χ0v) is 12.8. The van der Waals surface area contributed by atoms with Crippen LogP contribution in [0.2, 0.25) is 0 Å². The van der Waals surface area contributed by atoms with E-state index in [4.69, 9.17) is 5.73 Å². The molecule has 0 saturated carbocycles. The van der Waals surface area contributed by atoms with Crippen LogP contribution in [0.25, 0.3) is 0 Å². The van der Waals surface area contributed by atoms with Crippen molar-refractivity contribution in [2.45, 2.75) is 26.4 Å². The Kier molecular flexibility index (Phi) is 4.43. The Labute approximate surface area is 122 Å². The van der Waals surface area contributed by atoms with Crippen LogP contribution in [0.1, 0.15) is 19.4 Å². The van der Waals surface area contributed by atoms with Crippen molar-refractivity contribution in [3.63, 3.8) is 0 Å². The number of nitrogens with zero attached hydrogens (tertiary/aromatic N) is 2. The first-order valence-corrected chi connectivity index (χ1v) is 7.08. The van der Waals surface area contributed by atoms with Gasteiger partial charge < -0.3 is 10.6 Å². The average molecular weight is 320 g/mol. The van der Waals surface area contributed by atoms with E-state index < -0.39 is 0 Å². The van der Waals surface area contributed by atoms with E-state index in [1.165, 1.54) is 5.56 Å². The summed E-state index contributed by atoms with van der Waals surface area (Å²) < 4.78 is 0.990. The summed E-state index contributed by atoms with van der Waals surface area (Å²) in [6, 6.07) is 12.4. The molecule has 0 atom stereocenters. The minimum absolute atomic E-state index is 0.370. The summed E-state index contributed by atoms with van der Waals surface area (Å²) in [7, 11) is 0. The largest absolute Gasteiger partial charge is 0.399 e. The second kappa shape index (κ2) is 6.06. The monoisotopic (exact) mass is 319 g/mol. The van der Waals surface area contributed by atoms with Crippen LogP contribution in [-0.4, -0.2) is 11.0 Å². The van der Waals surface area contributed by atoms with Gasteiger partial charge in [-0.05, 0) is 59.6 Å². The van der Waals surface area contributed by atoms with Crippen LogP contribution in [0.15, 0.2) is 47.1 Å². The fourth-order valence-electron chi connectivity index (χ4n) is 1.95. The molecule has 0 saturated heterocycles. The maximum absolute atomic E-state index is 5.83. The number of hydrogen-bond acceptors (Lipinski definition) is 3. The second-order valence-corrected chi connectivity index (χ2v) is 5.72. The molecule has 0 radical (unpaired) electrons. The Morgan fingerprint density at radius 1 is 1.26 bits per heavy atom. The molecule has 0 aliphatic carbocycles. The fourth-order valence-corrected chi connectivity index (χ4v) is 2.19. The first-order chi connectivity index (χ1) is 9.06. The zero-order valence-electron chi connectivity index (χ0n) is 11.2. The van der Waals surface area contributed by atoms with Crippen LogP contribution in [0.3, 0.4) is 0 Å². The number of anilines is 2. The molecule has 2 rings (SSSR count). The third-order valence-corrected chi connectivity index (χ3v) is 3.40. The normalized spacial score (nSPS) is 10.7. The van der Waals surface area contributed by atoms with E-state index in [2.05, 4.69) is 45.7 Å². The van der Waals surface area contributed by atoms with Gasteiger partial charge in [-0.25, -0.2) is 4.98 Å². The number of hydrogen-bond donors (Lipinski definition) is 1. The number of pyridine rings is 1. The summed E-state index contributed by atoms with van der Waals surface area (Å²) in [5.74, 6) is 0.973. The van der Waals surface area contributed by atoms with Gasteiger partial charge in [0.2, 0.25) is 0 Å². The van der Waals surface area contributed by atoms with Crippen molar-refractivity contribution in [2.75, 3.05) is 10.6 Å². The molecule has 100 valence electrons. The Morgan fingerprint density at radius 3 is 2.63 bits per heavy atom. The van der Waals surface area contributed by atoms with Gasteiger partial charge >= 0.3 is 0 Å². The molecule has 1 aromatic heterocycles. The van der Waals surface area contributed by atoms with Crippen molar-refractivity contribution in [1.29, 1.82) is 0 Å². The molecular weight excluding hydrogens is 302 g/mol. The molecular formula is C15H18BrN3. The maximum atomic E-state index is 5.83. The Balaban J connectivity index is 2.23. The van der Waals surface area contributed by atoms with E-state index in [0.29, 0.717) is 6.04 Å². The fraction of sp³-hybridized carbons (Fsp3) is 0.267. The molecule has 19 heavy (non-hydrogen) atoms. The highest BCUT2D eigenvalue weighted by Gasteiger charge is 2.12. The predicted octanol–water partition coefficient (Wildman–Crippen LogP) is 3.84. The van der Waals surface area contributed by atoms with E-state index in [9.17, 15) is 0 Å². The Hall–Kier alpha value is -1.55. The van der Waals surface area contributed by atoms with Crippen LogP contribution in [0.5, 0.6) is 0 Å². The lowest BCUT2D eigenvalue weighted by atomic mass is 10.1. The van der Waals surface area contributed by atoms with E-state index >= 15 is 0 Å². The molecule has 0 aliphatic heterocycles. The molecule has 0 aliphatic rings. The molecule has 2 N–H and O–H groups in total. The highest BCUT2D eigenvalue weighted by Crippen LogP contribution is 2.20. The lowest BCUT2D eigenvalue weighted by molar-refractivity contribution is 0.672. The molecule has 1 heterocycles. The van der Waals surface area contributed by atoms with Gasteiger partial charge in [-0.1, -0.05) is 12.1 Å². The average Bonchev–Trinajstić information content (AvgIpc) is 2.37. The van der Waals surface area contributed by atoms with Crippen molar-refractivity contribution in [3.05, 3.63) is 52.6 Å². The topological polar surface area (TPSA) is 42.1 Å². The summed E-state index contributed by atoms with van der Waals surface area (Å²) in [5.41, 5.74) is 7.82. The number of nitrogens with two attached hydrogens (primary N) is 1. The number of benzene rings is 1. The summed E-state index contributed by atoms with van der Waals surface area (Å²) in [6.07, 6.45) is 1.82. The Morgan fingerprint density at radius 2 is 2.05 bits per heavy atom. The minimum Gasteiger partial charge on any atom is -0.399 e. The van der Waals surface area contributed by atoms with Crippen molar-refractivity contribution in [2.24, 2.45) is 0 Å². The molecule has 1 aromatic carbocycles. The van der Waals surface area contributed by atoms with Crippen molar-refractivity contribution in [3.8, 4) is 0 Å². The van der Waals surface area contributed by atoms with Crippen LogP contribution >= 0.6 is 15.9 Å². The van der Waals surface area contributed by atoms with Gasteiger partial charge in [0.15, 0.2) is 0 Å². The lowest BCUT2D eigenvalue weighted by Gasteiger charge is -2.28. The molecule has 4 heteroatoms. The molecule has 0 amide bonds. The van der Waals surface area contributed by atoms with Crippen molar-refractivity contribution >= 4 is 27.4 Å². The summed E-state index contributed by atoms with van der Waals surface area (Å²) in [6.45, 7) is 5.13. The van der Waals surface area contributed by atoms with E-state index in [0.717, 1.165) is 22.5 Å². The third-order valence-electron chi connectivity index (χ3n) is 2.93. The minimum atomic E-state index is 0.370. The van der Waals surface area contributed by atoms with Gasteiger partial charge in [-0.3, -0.25) is 0 Å². The van der Waals surface area contributed by atoms with Crippen LogP contribution in [0.4, 0.5) is 11.5 Å². The Bertz CT molecular complexity index is 537. The summed E-state index contributed by atoms with van der Waals surface area (Å²) in [4.78, 5) is 6.72. The van der Waals surface area contributed by atoms with Crippen molar-refractivity contribution in [1.82, 2.24) is 4.98 Å². The van der Waals surface area contributed by atoms with Crippen LogP contribution in [-0.2, 0) is 6.54 Å². The highest BCUT2D eigenvalue weighted by atomic mass is 79.9. The number of halogens is 1. The zero-order chi connectivity index (χ0) is 13.8. The van der Waals surface area contributed by atoms with E-state index in [1.54, 1.807) is 0 Å². The summed E-state index contributed by atoms with van der Waals surface area (Å²) >= 11 is 3.41. The van der Waals surface area contributed by atoms with E-state index in [1.807, 2.05) is 36.5 Å². The van der Waals surface area contributed by atoms with Gasteiger partial charge in [-0.15, -0.1) is 0 Å². The first kappa shape index (κ1) is 13.9.